The van der Waals surface area contributed by atoms with Crippen molar-refractivity contribution in [2.75, 3.05) is 19.7 Å². The minimum atomic E-state index is 0.0313. The predicted molar refractivity (Wildman–Crippen MR) is 96.0 cm³/mol. The number of carbonyl (C=O) groups excluding carboxylic acids is 1. The molecule has 1 saturated heterocycles. The van der Waals surface area contributed by atoms with Gasteiger partial charge in [-0.15, -0.1) is 6.58 Å². The number of ether oxygens (including phenoxy) is 1. The molecule has 22 heavy (non-hydrogen) atoms. The fourth-order valence-electron chi connectivity index (χ4n) is 1.80. The first-order chi connectivity index (χ1) is 10.7. The molecule has 1 aromatic carbocycles. The minimum absolute atomic E-state index is 0.0313. The van der Waals surface area contributed by atoms with Gasteiger partial charge in [-0.25, -0.2) is 0 Å². The molecule has 3 nitrogen and oxygen atoms in total. The summed E-state index contributed by atoms with van der Waals surface area (Å²) < 4.78 is 5.65. The lowest BCUT2D eigenvalue weighted by molar-refractivity contribution is -0.136. The van der Waals surface area contributed by atoms with Crippen molar-refractivity contribution in [1.29, 1.82) is 0 Å². The molecule has 0 aromatic heterocycles. The van der Waals surface area contributed by atoms with Gasteiger partial charge in [0.1, 0.15) is 6.10 Å². The summed E-state index contributed by atoms with van der Waals surface area (Å²) in [5.41, 5.74) is 1.14. The maximum absolute atomic E-state index is 11.2. The fraction of sp³-hybridized carbons (Fsp3) is 0.526. The van der Waals surface area contributed by atoms with E-state index in [2.05, 4.69) is 6.58 Å². The molecule has 0 N–H and O–H groups in total. The van der Waals surface area contributed by atoms with E-state index in [4.69, 9.17) is 4.74 Å². The Morgan fingerprint density at radius 3 is 2.18 bits per heavy atom. The number of rotatable bonds is 1. The Morgan fingerprint density at radius 2 is 1.73 bits per heavy atom. The molecule has 1 aliphatic rings. The first kappa shape index (κ1) is 22.7. The van der Waals surface area contributed by atoms with Crippen LogP contribution in [-0.2, 0) is 9.53 Å². The monoisotopic (exact) mass is 307 g/mol. The summed E-state index contributed by atoms with van der Waals surface area (Å²) in [7, 11) is 0. The molecule has 126 valence electrons. The predicted octanol–water partition coefficient (Wildman–Crippen LogP) is 4.85. The van der Waals surface area contributed by atoms with Gasteiger partial charge in [-0.3, -0.25) is 4.79 Å². The second-order valence-electron chi connectivity index (χ2n) is 4.14. The van der Waals surface area contributed by atoms with E-state index >= 15 is 0 Å². The van der Waals surface area contributed by atoms with Crippen LogP contribution in [0.2, 0.25) is 0 Å². The number of hydrogen-bond donors (Lipinski definition) is 0. The summed E-state index contributed by atoms with van der Waals surface area (Å²) >= 11 is 0. The van der Waals surface area contributed by atoms with Gasteiger partial charge in [0.05, 0.1) is 13.2 Å². The van der Waals surface area contributed by atoms with E-state index in [1.54, 1.807) is 13.0 Å². The van der Waals surface area contributed by atoms with Gasteiger partial charge in [-0.1, -0.05) is 64.1 Å². The van der Waals surface area contributed by atoms with Crippen molar-refractivity contribution in [2.45, 2.75) is 47.6 Å². The van der Waals surface area contributed by atoms with Crippen molar-refractivity contribution in [2.24, 2.45) is 0 Å². The molecular weight excluding hydrogens is 274 g/mol. The zero-order valence-electron chi connectivity index (χ0n) is 15.1. The highest BCUT2D eigenvalue weighted by molar-refractivity contribution is 5.73. The van der Waals surface area contributed by atoms with Crippen molar-refractivity contribution in [3.05, 3.63) is 48.6 Å². The standard InChI is InChI=1S/C12H15NO2.C3H6.2C2H6/c1-10(14)13-7-8-15-12(9-13)11-5-3-2-4-6-11;1-3-2;2*1-2/h2-6,12H,7-9H2,1H3;3H,1H2,2H3;2*1-2H3. The van der Waals surface area contributed by atoms with Crippen LogP contribution in [0, 0.1) is 0 Å². The molecule has 1 atom stereocenters. The van der Waals surface area contributed by atoms with Crippen LogP contribution in [0.1, 0.15) is 53.2 Å². The average molecular weight is 307 g/mol. The highest BCUT2D eigenvalue weighted by atomic mass is 16.5. The van der Waals surface area contributed by atoms with Crippen LogP contribution in [0.4, 0.5) is 0 Å². The van der Waals surface area contributed by atoms with Crippen molar-refractivity contribution < 1.29 is 9.53 Å². The molecule has 0 saturated carbocycles. The van der Waals surface area contributed by atoms with Crippen LogP contribution < -0.4 is 0 Å². The van der Waals surface area contributed by atoms with Crippen molar-refractivity contribution in [3.8, 4) is 0 Å². The zero-order valence-corrected chi connectivity index (χ0v) is 15.1. The Balaban J connectivity index is 0. The molecule has 2 rings (SSSR count). The lowest BCUT2D eigenvalue weighted by Gasteiger charge is -2.32. The first-order valence-corrected chi connectivity index (χ1v) is 8.18. The maximum atomic E-state index is 11.2. The van der Waals surface area contributed by atoms with Crippen molar-refractivity contribution >= 4 is 5.91 Å². The van der Waals surface area contributed by atoms with Gasteiger partial charge in [0.2, 0.25) is 5.91 Å². The third-order valence-electron chi connectivity index (χ3n) is 2.68. The number of hydrogen-bond acceptors (Lipinski definition) is 2. The van der Waals surface area contributed by atoms with E-state index in [0.717, 1.165) is 5.56 Å². The SMILES string of the molecule is C=CC.CC.CC.CC(=O)N1CCOC(c2ccccc2)C1. The largest absolute Gasteiger partial charge is 0.370 e. The van der Waals surface area contributed by atoms with E-state index in [1.165, 1.54) is 0 Å². The number of benzene rings is 1. The molecule has 3 heteroatoms. The van der Waals surface area contributed by atoms with Crippen LogP contribution in [0.3, 0.4) is 0 Å². The van der Waals surface area contributed by atoms with E-state index < -0.39 is 0 Å². The molecule has 1 unspecified atom stereocenters. The third-order valence-corrected chi connectivity index (χ3v) is 2.68. The lowest BCUT2D eigenvalue weighted by Crippen LogP contribution is -2.41. The highest BCUT2D eigenvalue weighted by Crippen LogP contribution is 2.21. The molecule has 1 aromatic rings. The Hall–Kier alpha value is -1.61. The Bertz CT molecular complexity index is 376. The second kappa shape index (κ2) is 15.8. The second-order valence-corrected chi connectivity index (χ2v) is 4.14. The van der Waals surface area contributed by atoms with Gasteiger partial charge in [0.15, 0.2) is 0 Å². The summed E-state index contributed by atoms with van der Waals surface area (Å²) in [6.07, 6.45) is 1.78. The summed E-state index contributed by atoms with van der Waals surface area (Å²) in [6, 6.07) is 10.0. The summed E-state index contributed by atoms with van der Waals surface area (Å²) in [5.74, 6) is 0.124. The number of allylic oxidation sites excluding steroid dienone is 1. The van der Waals surface area contributed by atoms with Crippen molar-refractivity contribution in [3.63, 3.8) is 0 Å². The molecule has 1 heterocycles. The van der Waals surface area contributed by atoms with E-state index in [0.29, 0.717) is 19.7 Å². The van der Waals surface area contributed by atoms with Gasteiger partial charge in [0, 0.05) is 13.5 Å². The molecule has 1 amide bonds. The molecule has 0 bridgehead atoms. The topological polar surface area (TPSA) is 29.5 Å². The summed E-state index contributed by atoms with van der Waals surface area (Å²) in [5, 5.41) is 0. The smallest absolute Gasteiger partial charge is 0.219 e. The number of morpholine rings is 1. The molecule has 0 spiro atoms. The maximum Gasteiger partial charge on any atom is 0.219 e. The lowest BCUT2D eigenvalue weighted by atomic mass is 10.1. The van der Waals surface area contributed by atoms with Crippen LogP contribution in [0.5, 0.6) is 0 Å². The minimum Gasteiger partial charge on any atom is -0.370 e. The molecule has 0 radical (unpaired) electrons. The Morgan fingerprint density at radius 1 is 1.23 bits per heavy atom. The van der Waals surface area contributed by atoms with Crippen molar-refractivity contribution in [1.82, 2.24) is 4.90 Å². The van der Waals surface area contributed by atoms with E-state index in [9.17, 15) is 4.79 Å². The van der Waals surface area contributed by atoms with Gasteiger partial charge in [-0.05, 0) is 12.5 Å². The first-order valence-electron chi connectivity index (χ1n) is 8.18. The molecule has 0 aliphatic carbocycles. The Labute approximate surface area is 137 Å². The number of nitrogens with zero attached hydrogens (tertiary/aromatic N) is 1. The van der Waals surface area contributed by atoms with E-state index in [-0.39, 0.29) is 12.0 Å². The Kier molecular flexibility index (Phi) is 16.3. The summed E-state index contributed by atoms with van der Waals surface area (Å²) in [4.78, 5) is 13.1. The average Bonchev–Trinajstić information content (AvgIpc) is 2.60. The van der Waals surface area contributed by atoms with Crippen LogP contribution in [0.15, 0.2) is 43.0 Å². The fourth-order valence-corrected chi connectivity index (χ4v) is 1.80. The normalized spacial score (nSPS) is 15.7. The highest BCUT2D eigenvalue weighted by Gasteiger charge is 2.22. The number of amides is 1. The van der Waals surface area contributed by atoms with Crippen LogP contribution in [0.25, 0.3) is 0 Å². The van der Waals surface area contributed by atoms with Gasteiger partial charge in [0.25, 0.3) is 0 Å². The van der Waals surface area contributed by atoms with Gasteiger partial charge in [-0.2, -0.15) is 0 Å². The molecule has 1 fully saturated rings. The summed E-state index contributed by atoms with van der Waals surface area (Å²) in [6.45, 7) is 16.9. The third kappa shape index (κ3) is 9.35. The molecule has 1 aliphatic heterocycles. The number of carbonyl (C=O) groups is 1. The zero-order chi connectivity index (χ0) is 17.4. The molecular formula is C19H33NO2. The van der Waals surface area contributed by atoms with Crippen LogP contribution >= 0.6 is 0 Å². The van der Waals surface area contributed by atoms with Gasteiger partial charge < -0.3 is 9.64 Å². The quantitative estimate of drug-likeness (QED) is 0.694. The van der Waals surface area contributed by atoms with Crippen LogP contribution in [-0.4, -0.2) is 30.5 Å². The van der Waals surface area contributed by atoms with E-state index in [1.807, 2.05) is 69.9 Å². The van der Waals surface area contributed by atoms with Gasteiger partial charge >= 0.3 is 0 Å².